The molecule has 2 aromatic carbocycles. The van der Waals surface area contributed by atoms with E-state index in [0.29, 0.717) is 30.3 Å². The van der Waals surface area contributed by atoms with Gasteiger partial charge in [0.1, 0.15) is 5.54 Å². The Morgan fingerprint density at radius 3 is 2.62 bits per heavy atom. The van der Waals surface area contributed by atoms with E-state index in [0.717, 1.165) is 30.4 Å². The number of rotatable bonds is 7. The fourth-order valence-electron chi connectivity index (χ4n) is 4.83. The standard InChI is InChI=1S/C26H30N6O2/c1-26(14-18-5-2-3-6-18)23(33)32(24(28)31-26)17-20-11-9-19(10-12-20)16-29-25(34)30-22-8-4-7-21(13-22)15-27/h4,7-13,18H,2-3,5-6,14,16-17H2,1H3,(H2,28,31)(H2,29,30,34)/t26-/m1/s1. The van der Waals surface area contributed by atoms with Crippen LogP contribution in [0.3, 0.4) is 0 Å². The van der Waals surface area contributed by atoms with Gasteiger partial charge in [0.15, 0.2) is 5.96 Å². The second-order valence-electron chi connectivity index (χ2n) is 9.37. The highest BCUT2D eigenvalue weighted by Crippen LogP contribution is 2.34. The third-order valence-electron chi connectivity index (χ3n) is 6.62. The van der Waals surface area contributed by atoms with Gasteiger partial charge in [-0.25, -0.2) is 4.79 Å². The van der Waals surface area contributed by atoms with Crippen molar-refractivity contribution in [1.29, 1.82) is 10.7 Å². The molecule has 176 valence electrons. The van der Waals surface area contributed by atoms with Crippen molar-refractivity contribution in [1.82, 2.24) is 15.5 Å². The first-order valence-corrected chi connectivity index (χ1v) is 11.7. The van der Waals surface area contributed by atoms with Crippen LogP contribution >= 0.6 is 0 Å². The summed E-state index contributed by atoms with van der Waals surface area (Å²) in [6.07, 6.45) is 5.56. The van der Waals surface area contributed by atoms with Gasteiger partial charge in [-0.3, -0.25) is 15.1 Å². The molecule has 8 nitrogen and oxygen atoms in total. The summed E-state index contributed by atoms with van der Waals surface area (Å²) in [7, 11) is 0. The van der Waals surface area contributed by atoms with Crippen molar-refractivity contribution < 1.29 is 9.59 Å². The lowest BCUT2D eigenvalue weighted by Crippen LogP contribution is -2.45. The zero-order chi connectivity index (χ0) is 24.1. The van der Waals surface area contributed by atoms with E-state index in [1.807, 2.05) is 37.3 Å². The number of nitriles is 1. The highest BCUT2D eigenvalue weighted by atomic mass is 16.2. The lowest BCUT2D eigenvalue weighted by atomic mass is 9.88. The van der Waals surface area contributed by atoms with E-state index >= 15 is 0 Å². The van der Waals surface area contributed by atoms with Crippen LogP contribution < -0.4 is 16.0 Å². The number of carbonyl (C=O) groups is 2. The molecule has 0 spiro atoms. The lowest BCUT2D eigenvalue weighted by Gasteiger charge is -2.25. The molecule has 1 atom stereocenters. The topological polar surface area (TPSA) is 121 Å². The number of amides is 3. The quantitative estimate of drug-likeness (QED) is 0.499. The number of urea groups is 1. The van der Waals surface area contributed by atoms with Crippen molar-refractivity contribution >= 4 is 23.6 Å². The molecule has 8 heteroatoms. The monoisotopic (exact) mass is 458 g/mol. The first-order valence-electron chi connectivity index (χ1n) is 11.7. The Balaban J connectivity index is 1.29. The summed E-state index contributed by atoms with van der Waals surface area (Å²) in [4.78, 5) is 26.8. The zero-order valence-corrected chi connectivity index (χ0v) is 19.4. The molecule has 0 bridgehead atoms. The molecule has 1 aliphatic heterocycles. The molecule has 1 aliphatic carbocycles. The van der Waals surface area contributed by atoms with Crippen molar-refractivity contribution in [2.45, 2.75) is 57.7 Å². The van der Waals surface area contributed by atoms with Crippen molar-refractivity contribution in [3.63, 3.8) is 0 Å². The van der Waals surface area contributed by atoms with Gasteiger partial charge >= 0.3 is 6.03 Å². The van der Waals surface area contributed by atoms with Gasteiger partial charge in [0.2, 0.25) is 0 Å². The van der Waals surface area contributed by atoms with Crippen LogP contribution in [0.1, 0.15) is 55.7 Å². The Bertz CT molecular complexity index is 1120. The number of nitrogens with zero attached hydrogens (tertiary/aromatic N) is 2. The maximum absolute atomic E-state index is 13.1. The van der Waals surface area contributed by atoms with Crippen LogP contribution in [-0.2, 0) is 17.9 Å². The first kappa shape index (κ1) is 23.3. The minimum absolute atomic E-state index is 0.0349. The normalized spacial score (nSPS) is 20.2. The van der Waals surface area contributed by atoms with E-state index in [4.69, 9.17) is 10.7 Å². The second kappa shape index (κ2) is 9.96. The summed E-state index contributed by atoms with van der Waals surface area (Å²) in [5.41, 5.74) is 2.17. The Hall–Kier alpha value is -3.86. The van der Waals surface area contributed by atoms with Gasteiger partial charge in [0.25, 0.3) is 5.91 Å². The van der Waals surface area contributed by atoms with Crippen molar-refractivity contribution in [2.24, 2.45) is 5.92 Å². The highest BCUT2D eigenvalue weighted by Gasteiger charge is 2.47. The zero-order valence-electron chi connectivity index (χ0n) is 19.4. The summed E-state index contributed by atoms with van der Waals surface area (Å²) in [5, 5.41) is 25.9. The lowest BCUT2D eigenvalue weighted by molar-refractivity contribution is -0.131. The van der Waals surface area contributed by atoms with Gasteiger partial charge < -0.3 is 16.0 Å². The molecule has 4 rings (SSSR count). The van der Waals surface area contributed by atoms with Crippen LogP contribution in [0.25, 0.3) is 0 Å². The third-order valence-corrected chi connectivity index (χ3v) is 6.62. The van der Waals surface area contributed by atoms with Gasteiger partial charge in [-0.05, 0) is 48.6 Å². The minimum atomic E-state index is -0.698. The largest absolute Gasteiger partial charge is 0.342 e. The van der Waals surface area contributed by atoms with E-state index in [1.165, 1.54) is 17.7 Å². The van der Waals surface area contributed by atoms with Gasteiger partial charge in [-0.2, -0.15) is 5.26 Å². The Morgan fingerprint density at radius 1 is 1.21 bits per heavy atom. The van der Waals surface area contributed by atoms with Gasteiger partial charge in [-0.1, -0.05) is 56.0 Å². The minimum Gasteiger partial charge on any atom is -0.342 e. The fraction of sp³-hybridized carbons (Fsp3) is 0.385. The molecule has 2 aromatic rings. The average Bonchev–Trinajstić information content (AvgIpc) is 3.40. The van der Waals surface area contributed by atoms with Crippen LogP contribution in [0.15, 0.2) is 48.5 Å². The summed E-state index contributed by atoms with van der Waals surface area (Å²) in [5.74, 6) is 0.675. The average molecular weight is 459 g/mol. The van der Waals surface area contributed by atoms with Crippen LogP contribution in [0.2, 0.25) is 0 Å². The number of anilines is 1. The SMILES string of the molecule is C[C@]1(CC2CCCC2)NC(=N)N(Cc2ccc(CNC(=O)Nc3cccc(C#N)c3)cc2)C1=O. The molecule has 1 saturated heterocycles. The number of benzene rings is 2. The van der Waals surface area contributed by atoms with Crippen molar-refractivity contribution in [3.05, 3.63) is 65.2 Å². The number of guanidine groups is 1. The summed E-state index contributed by atoms with van der Waals surface area (Å²) >= 11 is 0. The summed E-state index contributed by atoms with van der Waals surface area (Å²) < 4.78 is 0. The van der Waals surface area contributed by atoms with E-state index in [1.54, 1.807) is 24.3 Å². The number of hydrogen-bond donors (Lipinski definition) is 4. The summed E-state index contributed by atoms with van der Waals surface area (Å²) in [6, 6.07) is 16.0. The van der Waals surface area contributed by atoms with E-state index < -0.39 is 5.54 Å². The first-order chi connectivity index (χ1) is 16.4. The Kier molecular flexibility index (Phi) is 6.82. The van der Waals surface area contributed by atoms with Gasteiger partial charge in [-0.15, -0.1) is 0 Å². The van der Waals surface area contributed by atoms with Crippen LogP contribution in [0.4, 0.5) is 10.5 Å². The summed E-state index contributed by atoms with van der Waals surface area (Å²) in [6.45, 7) is 2.59. The molecular formula is C26H30N6O2. The third kappa shape index (κ3) is 5.37. The van der Waals surface area contributed by atoms with E-state index in [2.05, 4.69) is 16.0 Å². The number of nitrogens with one attached hydrogen (secondary N) is 4. The fourth-order valence-corrected chi connectivity index (χ4v) is 4.83. The molecule has 4 N–H and O–H groups in total. The van der Waals surface area contributed by atoms with Crippen LogP contribution in [0.5, 0.6) is 0 Å². The Labute approximate surface area is 199 Å². The Morgan fingerprint density at radius 2 is 1.91 bits per heavy atom. The van der Waals surface area contributed by atoms with Crippen LogP contribution in [0, 0.1) is 22.7 Å². The van der Waals surface area contributed by atoms with Gasteiger partial charge in [0.05, 0.1) is 18.2 Å². The second-order valence-corrected chi connectivity index (χ2v) is 9.37. The number of hydrogen-bond acceptors (Lipinski definition) is 4. The molecule has 2 aliphatic rings. The molecule has 1 saturated carbocycles. The van der Waals surface area contributed by atoms with Gasteiger partial charge in [0, 0.05) is 12.2 Å². The number of carbonyl (C=O) groups excluding carboxylic acids is 2. The predicted octanol–water partition coefficient (Wildman–Crippen LogP) is 4.09. The van der Waals surface area contributed by atoms with Crippen molar-refractivity contribution in [3.8, 4) is 6.07 Å². The molecular weight excluding hydrogens is 428 g/mol. The molecule has 3 amide bonds. The van der Waals surface area contributed by atoms with E-state index in [-0.39, 0.29) is 17.9 Å². The van der Waals surface area contributed by atoms with Crippen molar-refractivity contribution in [2.75, 3.05) is 5.32 Å². The highest BCUT2D eigenvalue weighted by molar-refractivity contribution is 6.07. The molecule has 2 fully saturated rings. The predicted molar refractivity (Wildman–Crippen MR) is 130 cm³/mol. The molecule has 0 aromatic heterocycles. The maximum atomic E-state index is 13.1. The maximum Gasteiger partial charge on any atom is 0.319 e. The smallest absolute Gasteiger partial charge is 0.319 e. The molecule has 34 heavy (non-hydrogen) atoms. The van der Waals surface area contributed by atoms with Crippen LogP contribution in [-0.4, -0.2) is 28.3 Å². The van der Waals surface area contributed by atoms with E-state index in [9.17, 15) is 9.59 Å². The molecule has 0 unspecified atom stereocenters. The molecule has 0 radical (unpaired) electrons. The molecule has 1 heterocycles.